The first kappa shape index (κ1) is 8.70. The fourth-order valence-corrected chi connectivity index (χ4v) is 0.743. The SMILES string of the molecule is CC(C)(C)C(=O)c1cn(O)nn1. The molecule has 0 aliphatic heterocycles. The van der Waals surface area contributed by atoms with Gasteiger partial charge in [0.05, 0.1) is 6.20 Å². The van der Waals surface area contributed by atoms with Gasteiger partial charge < -0.3 is 5.21 Å². The highest BCUT2D eigenvalue weighted by Gasteiger charge is 2.25. The minimum Gasteiger partial charge on any atom is -0.410 e. The van der Waals surface area contributed by atoms with E-state index in [4.69, 9.17) is 5.21 Å². The third-order valence-electron chi connectivity index (χ3n) is 1.40. The van der Waals surface area contributed by atoms with Gasteiger partial charge in [-0.3, -0.25) is 4.79 Å². The molecule has 0 unspecified atom stereocenters. The summed E-state index contributed by atoms with van der Waals surface area (Å²) in [6, 6.07) is 0. The van der Waals surface area contributed by atoms with Gasteiger partial charge in [-0.15, -0.1) is 5.10 Å². The van der Waals surface area contributed by atoms with Gasteiger partial charge in [0.25, 0.3) is 0 Å². The van der Waals surface area contributed by atoms with Crippen molar-refractivity contribution in [2.24, 2.45) is 5.41 Å². The molecule has 12 heavy (non-hydrogen) atoms. The summed E-state index contributed by atoms with van der Waals surface area (Å²) in [7, 11) is 0. The number of carbonyl (C=O) groups excluding carboxylic acids is 1. The molecule has 1 rings (SSSR count). The highest BCUT2D eigenvalue weighted by atomic mass is 16.5. The predicted molar refractivity (Wildman–Crippen MR) is 41.0 cm³/mol. The second kappa shape index (κ2) is 2.58. The maximum absolute atomic E-state index is 11.5. The van der Waals surface area contributed by atoms with E-state index in [-0.39, 0.29) is 11.5 Å². The van der Waals surface area contributed by atoms with Crippen LogP contribution < -0.4 is 0 Å². The fraction of sp³-hybridized carbons (Fsp3) is 0.571. The topological polar surface area (TPSA) is 68.0 Å². The molecule has 0 radical (unpaired) electrons. The average molecular weight is 169 g/mol. The van der Waals surface area contributed by atoms with Crippen molar-refractivity contribution in [1.29, 1.82) is 0 Å². The number of rotatable bonds is 1. The van der Waals surface area contributed by atoms with Gasteiger partial charge in [-0.2, -0.15) is 0 Å². The largest absolute Gasteiger partial charge is 0.410 e. The minimum absolute atomic E-state index is 0.136. The second-order valence-corrected chi connectivity index (χ2v) is 3.60. The monoisotopic (exact) mass is 169 g/mol. The van der Waals surface area contributed by atoms with E-state index < -0.39 is 5.41 Å². The lowest BCUT2D eigenvalue weighted by atomic mass is 9.89. The molecular weight excluding hydrogens is 158 g/mol. The second-order valence-electron chi connectivity index (χ2n) is 3.60. The van der Waals surface area contributed by atoms with E-state index in [2.05, 4.69) is 10.3 Å². The minimum atomic E-state index is -0.490. The quantitative estimate of drug-likeness (QED) is 0.497. The van der Waals surface area contributed by atoms with E-state index >= 15 is 0 Å². The van der Waals surface area contributed by atoms with Crippen LogP contribution >= 0.6 is 0 Å². The Morgan fingerprint density at radius 1 is 1.58 bits per heavy atom. The number of ketones is 1. The van der Waals surface area contributed by atoms with Gasteiger partial charge in [0.1, 0.15) is 0 Å². The molecule has 0 aliphatic rings. The third-order valence-corrected chi connectivity index (χ3v) is 1.40. The highest BCUT2D eigenvalue weighted by Crippen LogP contribution is 2.18. The van der Waals surface area contributed by atoms with Crippen LogP contribution in [0.15, 0.2) is 6.20 Å². The van der Waals surface area contributed by atoms with Crippen LogP contribution in [0, 0.1) is 5.41 Å². The Labute approximate surface area is 70.0 Å². The van der Waals surface area contributed by atoms with E-state index in [9.17, 15) is 4.79 Å². The molecule has 0 bridgehead atoms. The van der Waals surface area contributed by atoms with Gasteiger partial charge in [-0.1, -0.05) is 25.6 Å². The van der Waals surface area contributed by atoms with Crippen molar-refractivity contribution in [1.82, 2.24) is 15.2 Å². The maximum atomic E-state index is 11.5. The lowest BCUT2D eigenvalue weighted by Gasteiger charge is -2.13. The highest BCUT2D eigenvalue weighted by molar-refractivity contribution is 5.97. The summed E-state index contributed by atoms with van der Waals surface area (Å²) in [6.07, 6.45) is 1.19. The molecule has 5 nitrogen and oxygen atoms in total. The fourth-order valence-electron chi connectivity index (χ4n) is 0.743. The Morgan fingerprint density at radius 2 is 2.17 bits per heavy atom. The zero-order valence-electron chi connectivity index (χ0n) is 7.27. The molecule has 0 aliphatic carbocycles. The molecule has 1 aromatic rings. The first-order valence-electron chi connectivity index (χ1n) is 3.57. The van der Waals surface area contributed by atoms with Gasteiger partial charge in [0, 0.05) is 5.41 Å². The number of carbonyl (C=O) groups is 1. The molecule has 0 saturated heterocycles. The molecule has 1 aromatic heterocycles. The zero-order valence-corrected chi connectivity index (χ0v) is 7.27. The predicted octanol–water partition coefficient (Wildman–Crippen LogP) is 0.744. The smallest absolute Gasteiger partial charge is 0.190 e. The molecule has 1 heterocycles. The Hall–Kier alpha value is -1.39. The normalized spacial score (nSPS) is 11.6. The summed E-state index contributed by atoms with van der Waals surface area (Å²) in [6.45, 7) is 5.35. The van der Waals surface area contributed by atoms with Gasteiger partial charge in [-0.25, -0.2) is 0 Å². The molecular formula is C7H11N3O2. The van der Waals surface area contributed by atoms with E-state index in [1.165, 1.54) is 6.20 Å². The van der Waals surface area contributed by atoms with Crippen LogP contribution in [0.5, 0.6) is 0 Å². The molecule has 0 saturated carbocycles. The first-order valence-corrected chi connectivity index (χ1v) is 3.57. The van der Waals surface area contributed by atoms with E-state index in [1.807, 2.05) is 0 Å². The Balaban J connectivity index is 2.93. The van der Waals surface area contributed by atoms with E-state index in [0.29, 0.717) is 4.85 Å². The number of nitrogens with zero attached hydrogens (tertiary/aromatic N) is 3. The van der Waals surface area contributed by atoms with Crippen LogP contribution in [0.3, 0.4) is 0 Å². The lowest BCUT2D eigenvalue weighted by Crippen LogP contribution is -2.20. The van der Waals surface area contributed by atoms with Crippen molar-refractivity contribution < 1.29 is 10.0 Å². The van der Waals surface area contributed by atoms with Crippen molar-refractivity contribution >= 4 is 5.78 Å². The van der Waals surface area contributed by atoms with Crippen LogP contribution in [-0.2, 0) is 0 Å². The number of hydrogen-bond donors (Lipinski definition) is 1. The Morgan fingerprint density at radius 3 is 2.50 bits per heavy atom. The van der Waals surface area contributed by atoms with Crippen molar-refractivity contribution in [2.45, 2.75) is 20.8 Å². The van der Waals surface area contributed by atoms with Crippen LogP contribution in [0.1, 0.15) is 31.3 Å². The van der Waals surface area contributed by atoms with Crippen LogP contribution in [-0.4, -0.2) is 26.1 Å². The summed E-state index contributed by atoms with van der Waals surface area (Å²) in [5.41, 5.74) is -0.305. The van der Waals surface area contributed by atoms with Gasteiger partial charge in [0.2, 0.25) is 0 Å². The summed E-state index contributed by atoms with van der Waals surface area (Å²) in [4.78, 5) is 12.0. The van der Waals surface area contributed by atoms with Gasteiger partial charge in [-0.05, 0) is 5.21 Å². The molecule has 0 fully saturated rings. The van der Waals surface area contributed by atoms with E-state index in [0.717, 1.165) is 0 Å². The van der Waals surface area contributed by atoms with Crippen molar-refractivity contribution in [3.05, 3.63) is 11.9 Å². The lowest BCUT2D eigenvalue weighted by molar-refractivity contribution is 0.0852. The Kier molecular flexibility index (Phi) is 1.87. The average Bonchev–Trinajstić information content (AvgIpc) is 2.32. The Bertz CT molecular complexity index is 298. The van der Waals surface area contributed by atoms with Gasteiger partial charge >= 0.3 is 0 Å². The summed E-state index contributed by atoms with van der Waals surface area (Å²) >= 11 is 0. The first-order chi connectivity index (χ1) is 5.41. The molecule has 1 N–H and O–H groups in total. The molecule has 66 valence electrons. The number of hydrogen-bond acceptors (Lipinski definition) is 4. The third kappa shape index (κ3) is 1.61. The van der Waals surface area contributed by atoms with Crippen molar-refractivity contribution in [2.75, 3.05) is 0 Å². The molecule has 0 spiro atoms. The molecule has 0 aromatic carbocycles. The summed E-state index contributed by atoms with van der Waals surface area (Å²) < 4.78 is 0. The summed E-state index contributed by atoms with van der Waals surface area (Å²) in [5, 5.41) is 15.5. The zero-order chi connectivity index (χ0) is 9.35. The molecule has 5 heteroatoms. The molecule has 0 atom stereocenters. The van der Waals surface area contributed by atoms with Crippen molar-refractivity contribution in [3.8, 4) is 0 Å². The van der Waals surface area contributed by atoms with Crippen LogP contribution in [0.25, 0.3) is 0 Å². The maximum Gasteiger partial charge on any atom is 0.190 e. The van der Waals surface area contributed by atoms with E-state index in [1.54, 1.807) is 20.8 Å². The standard InChI is InChI=1S/C7H11N3O2/c1-7(2,3)6(11)5-4-10(12)9-8-5/h4,12H,1-3H3. The van der Waals surface area contributed by atoms with Gasteiger partial charge in [0.15, 0.2) is 11.5 Å². The summed E-state index contributed by atoms with van der Waals surface area (Å²) in [5.74, 6) is -0.136. The number of Topliss-reactive ketones (excluding diaryl/α,β-unsaturated/α-hetero) is 1. The van der Waals surface area contributed by atoms with Crippen LogP contribution in [0.4, 0.5) is 0 Å². The van der Waals surface area contributed by atoms with Crippen molar-refractivity contribution in [3.63, 3.8) is 0 Å². The number of aromatic nitrogens is 3. The molecule has 0 amide bonds. The van der Waals surface area contributed by atoms with Crippen LogP contribution in [0.2, 0.25) is 0 Å².